The number of carbonyl (C=O) groups is 1. The lowest BCUT2D eigenvalue weighted by atomic mass is 9.96. The van der Waals surface area contributed by atoms with Crippen LogP contribution in [0.1, 0.15) is 39.0 Å². The molecule has 1 heterocycles. The Labute approximate surface area is 104 Å². The van der Waals surface area contributed by atoms with Gasteiger partial charge in [-0.2, -0.15) is 0 Å². The summed E-state index contributed by atoms with van der Waals surface area (Å²) in [6.45, 7) is 5.21. The molecule has 1 aliphatic carbocycles. The van der Waals surface area contributed by atoms with Crippen LogP contribution in [0.3, 0.4) is 0 Å². The average molecular weight is 239 g/mol. The van der Waals surface area contributed by atoms with E-state index in [9.17, 15) is 4.79 Å². The summed E-state index contributed by atoms with van der Waals surface area (Å²) in [4.78, 5) is 13.7. The van der Waals surface area contributed by atoms with E-state index >= 15 is 0 Å². The van der Waals surface area contributed by atoms with Gasteiger partial charge in [0.1, 0.15) is 0 Å². The van der Waals surface area contributed by atoms with Gasteiger partial charge in [-0.1, -0.05) is 6.92 Å². The molecule has 0 aromatic rings. The first kappa shape index (κ1) is 12.8. The van der Waals surface area contributed by atoms with Gasteiger partial charge in [0, 0.05) is 12.6 Å². The molecule has 1 amide bonds. The molecule has 1 aliphatic heterocycles. The highest BCUT2D eigenvalue weighted by atomic mass is 16.1. The highest BCUT2D eigenvalue weighted by Gasteiger charge is 2.29. The third-order valence-electron chi connectivity index (χ3n) is 3.98. The van der Waals surface area contributed by atoms with Gasteiger partial charge in [-0.15, -0.1) is 0 Å². The van der Waals surface area contributed by atoms with Crippen LogP contribution in [0.15, 0.2) is 0 Å². The number of nitrogens with one attached hydrogen (secondary N) is 1. The van der Waals surface area contributed by atoms with Crippen molar-refractivity contribution in [2.75, 3.05) is 19.6 Å². The van der Waals surface area contributed by atoms with Crippen LogP contribution in [0.2, 0.25) is 0 Å². The van der Waals surface area contributed by atoms with Gasteiger partial charge in [-0.3, -0.25) is 9.69 Å². The second kappa shape index (κ2) is 5.83. The van der Waals surface area contributed by atoms with Crippen molar-refractivity contribution in [1.82, 2.24) is 10.2 Å². The number of rotatable bonds is 6. The smallest absolute Gasteiger partial charge is 0.234 e. The first-order valence-corrected chi connectivity index (χ1v) is 6.97. The maximum Gasteiger partial charge on any atom is 0.234 e. The SMILES string of the molecule is CCC(C(N)=O)N1CCCC(CNC2CC2)C1. The number of nitrogens with zero attached hydrogens (tertiary/aromatic N) is 1. The van der Waals surface area contributed by atoms with Crippen molar-refractivity contribution in [2.24, 2.45) is 11.7 Å². The zero-order chi connectivity index (χ0) is 12.3. The van der Waals surface area contributed by atoms with Crippen molar-refractivity contribution in [2.45, 2.75) is 51.1 Å². The molecule has 4 heteroatoms. The van der Waals surface area contributed by atoms with Crippen molar-refractivity contribution in [3.05, 3.63) is 0 Å². The molecule has 0 spiro atoms. The standard InChI is InChI=1S/C13H25N3O/c1-2-12(13(14)17)16-7-3-4-10(9-16)8-15-11-5-6-11/h10-12,15H,2-9H2,1H3,(H2,14,17). The van der Waals surface area contributed by atoms with Gasteiger partial charge in [0.05, 0.1) is 6.04 Å². The number of likely N-dealkylation sites (tertiary alicyclic amines) is 1. The lowest BCUT2D eigenvalue weighted by Crippen LogP contribution is -2.50. The average Bonchev–Trinajstić information content (AvgIpc) is 3.11. The zero-order valence-corrected chi connectivity index (χ0v) is 10.8. The topological polar surface area (TPSA) is 58.4 Å². The summed E-state index contributed by atoms with van der Waals surface area (Å²) >= 11 is 0. The van der Waals surface area contributed by atoms with Gasteiger partial charge < -0.3 is 11.1 Å². The van der Waals surface area contributed by atoms with Gasteiger partial charge in [-0.25, -0.2) is 0 Å². The number of hydrogen-bond acceptors (Lipinski definition) is 3. The predicted octanol–water partition coefficient (Wildman–Crippen LogP) is 0.714. The first-order chi connectivity index (χ1) is 8.20. The zero-order valence-electron chi connectivity index (χ0n) is 10.8. The molecule has 2 unspecified atom stereocenters. The highest BCUT2D eigenvalue weighted by molar-refractivity contribution is 5.79. The van der Waals surface area contributed by atoms with E-state index in [-0.39, 0.29) is 11.9 Å². The Hall–Kier alpha value is -0.610. The number of nitrogens with two attached hydrogens (primary N) is 1. The van der Waals surface area contributed by atoms with Crippen LogP contribution in [0.25, 0.3) is 0 Å². The molecule has 98 valence electrons. The summed E-state index contributed by atoms with van der Waals surface area (Å²) in [5.41, 5.74) is 5.46. The molecule has 0 aromatic heterocycles. The van der Waals surface area contributed by atoms with Crippen LogP contribution in [0.5, 0.6) is 0 Å². The summed E-state index contributed by atoms with van der Waals surface area (Å²) in [5, 5.41) is 3.59. The Morgan fingerprint density at radius 2 is 2.24 bits per heavy atom. The van der Waals surface area contributed by atoms with Gasteiger partial charge in [0.25, 0.3) is 0 Å². The lowest BCUT2D eigenvalue weighted by molar-refractivity contribution is -0.124. The summed E-state index contributed by atoms with van der Waals surface area (Å²) in [5.74, 6) is 0.529. The fourth-order valence-electron chi connectivity index (χ4n) is 2.81. The third kappa shape index (κ3) is 3.68. The number of hydrogen-bond donors (Lipinski definition) is 2. The molecule has 2 atom stereocenters. The summed E-state index contributed by atoms with van der Waals surface area (Å²) in [7, 11) is 0. The molecule has 0 bridgehead atoms. The van der Waals surface area contributed by atoms with Crippen LogP contribution in [0.4, 0.5) is 0 Å². The molecule has 1 saturated heterocycles. The Morgan fingerprint density at radius 1 is 1.47 bits per heavy atom. The monoisotopic (exact) mass is 239 g/mol. The number of piperidine rings is 1. The molecular weight excluding hydrogens is 214 g/mol. The maximum absolute atomic E-state index is 11.4. The Kier molecular flexibility index (Phi) is 4.40. The molecule has 0 aromatic carbocycles. The van der Waals surface area contributed by atoms with E-state index in [1.807, 2.05) is 6.92 Å². The van der Waals surface area contributed by atoms with Crippen LogP contribution in [-0.4, -0.2) is 42.5 Å². The van der Waals surface area contributed by atoms with Crippen LogP contribution >= 0.6 is 0 Å². The van der Waals surface area contributed by atoms with E-state index in [2.05, 4.69) is 10.2 Å². The van der Waals surface area contributed by atoms with E-state index in [1.165, 1.54) is 25.7 Å². The van der Waals surface area contributed by atoms with Crippen LogP contribution in [-0.2, 0) is 4.79 Å². The number of primary amides is 1. The third-order valence-corrected chi connectivity index (χ3v) is 3.98. The fourth-order valence-corrected chi connectivity index (χ4v) is 2.81. The molecule has 2 rings (SSSR count). The molecule has 17 heavy (non-hydrogen) atoms. The summed E-state index contributed by atoms with van der Waals surface area (Å²) in [6.07, 6.45) is 5.99. The number of carbonyl (C=O) groups excluding carboxylic acids is 1. The Bertz CT molecular complexity index is 265. The minimum atomic E-state index is -0.164. The molecule has 3 N–H and O–H groups in total. The van der Waals surface area contributed by atoms with Gasteiger partial charge in [0.15, 0.2) is 0 Å². The Balaban J connectivity index is 1.79. The lowest BCUT2D eigenvalue weighted by Gasteiger charge is -2.36. The van der Waals surface area contributed by atoms with Crippen molar-refractivity contribution in [3.8, 4) is 0 Å². The van der Waals surface area contributed by atoms with Crippen molar-refractivity contribution >= 4 is 5.91 Å². The molecule has 4 nitrogen and oxygen atoms in total. The summed E-state index contributed by atoms with van der Waals surface area (Å²) in [6, 6.07) is 0.724. The van der Waals surface area contributed by atoms with E-state index in [0.29, 0.717) is 5.92 Å². The fraction of sp³-hybridized carbons (Fsp3) is 0.923. The van der Waals surface area contributed by atoms with Crippen molar-refractivity contribution < 1.29 is 4.79 Å². The molecule has 2 fully saturated rings. The van der Waals surface area contributed by atoms with E-state index in [4.69, 9.17) is 5.73 Å². The minimum absolute atomic E-state index is 0.0567. The van der Waals surface area contributed by atoms with Gasteiger partial charge in [0.2, 0.25) is 5.91 Å². The predicted molar refractivity (Wildman–Crippen MR) is 68.6 cm³/mol. The number of amides is 1. The normalized spacial score (nSPS) is 27.9. The molecule has 1 saturated carbocycles. The molecular formula is C13H25N3O. The van der Waals surface area contributed by atoms with E-state index in [1.54, 1.807) is 0 Å². The second-order valence-electron chi connectivity index (χ2n) is 5.51. The molecule has 0 radical (unpaired) electrons. The first-order valence-electron chi connectivity index (χ1n) is 6.97. The molecule has 2 aliphatic rings. The summed E-state index contributed by atoms with van der Waals surface area (Å²) < 4.78 is 0. The highest BCUT2D eigenvalue weighted by Crippen LogP contribution is 2.22. The van der Waals surface area contributed by atoms with E-state index in [0.717, 1.165) is 32.1 Å². The largest absolute Gasteiger partial charge is 0.368 e. The van der Waals surface area contributed by atoms with E-state index < -0.39 is 0 Å². The quantitative estimate of drug-likeness (QED) is 0.718. The van der Waals surface area contributed by atoms with Crippen molar-refractivity contribution in [1.29, 1.82) is 0 Å². The van der Waals surface area contributed by atoms with Crippen LogP contribution in [0, 0.1) is 5.92 Å². The Morgan fingerprint density at radius 3 is 2.82 bits per heavy atom. The van der Waals surface area contributed by atoms with Gasteiger partial charge in [-0.05, 0) is 51.1 Å². The second-order valence-corrected chi connectivity index (χ2v) is 5.51. The van der Waals surface area contributed by atoms with Gasteiger partial charge >= 0.3 is 0 Å². The maximum atomic E-state index is 11.4. The minimum Gasteiger partial charge on any atom is -0.368 e. The van der Waals surface area contributed by atoms with Crippen molar-refractivity contribution in [3.63, 3.8) is 0 Å². The van der Waals surface area contributed by atoms with Crippen LogP contribution < -0.4 is 11.1 Å².